The molecule has 5 nitrogen and oxygen atoms in total. The maximum atomic E-state index is 12.4. The van der Waals surface area contributed by atoms with Gasteiger partial charge in [-0.1, -0.05) is 51.1 Å². The van der Waals surface area contributed by atoms with Crippen LogP contribution in [0, 0.1) is 6.92 Å². The van der Waals surface area contributed by atoms with Crippen molar-refractivity contribution in [3.05, 3.63) is 83.4 Å². The predicted octanol–water partition coefficient (Wildman–Crippen LogP) is 4.35. The van der Waals surface area contributed by atoms with E-state index in [1.807, 2.05) is 55.6 Å². The number of carbonyl (C=O) groups excluding carboxylic acids is 1. The second kappa shape index (κ2) is 8.95. The summed E-state index contributed by atoms with van der Waals surface area (Å²) in [5.74, 6) is 1.75. The third kappa shape index (κ3) is 5.47. The van der Waals surface area contributed by atoms with Crippen LogP contribution in [0.5, 0.6) is 5.75 Å². The molecule has 0 radical (unpaired) electrons. The third-order valence-corrected chi connectivity index (χ3v) is 4.83. The van der Waals surface area contributed by atoms with Crippen molar-refractivity contribution < 1.29 is 9.53 Å². The molecule has 1 amide bonds. The van der Waals surface area contributed by atoms with Crippen molar-refractivity contribution in [2.24, 2.45) is 0 Å². The lowest BCUT2D eigenvalue weighted by Crippen LogP contribution is -2.28. The van der Waals surface area contributed by atoms with Gasteiger partial charge in [-0.3, -0.25) is 4.79 Å². The molecule has 152 valence electrons. The molecular weight excluding hydrogens is 362 g/mol. The number of nitrogens with zero attached hydrogens (tertiary/aromatic N) is 2. The molecule has 0 aliphatic heterocycles. The van der Waals surface area contributed by atoms with Crippen LogP contribution in [0.15, 0.2) is 60.9 Å². The molecule has 0 bridgehead atoms. The Morgan fingerprint density at radius 3 is 2.48 bits per heavy atom. The number of aryl methyl sites for hydroxylation is 1. The number of hydrogen-bond donors (Lipinski definition) is 1. The molecule has 1 N–H and O–H groups in total. The van der Waals surface area contributed by atoms with Crippen molar-refractivity contribution in [1.82, 2.24) is 14.9 Å². The first kappa shape index (κ1) is 20.6. The van der Waals surface area contributed by atoms with Crippen molar-refractivity contribution >= 4 is 5.91 Å². The van der Waals surface area contributed by atoms with Crippen LogP contribution in [0.3, 0.4) is 0 Å². The predicted molar refractivity (Wildman–Crippen MR) is 115 cm³/mol. The molecule has 0 unspecified atom stereocenters. The van der Waals surface area contributed by atoms with Gasteiger partial charge in [0.25, 0.3) is 5.91 Å². The van der Waals surface area contributed by atoms with E-state index in [0.717, 1.165) is 29.2 Å². The molecule has 0 fully saturated rings. The van der Waals surface area contributed by atoms with Crippen LogP contribution < -0.4 is 10.1 Å². The van der Waals surface area contributed by atoms with Crippen LogP contribution in [-0.2, 0) is 12.0 Å². The molecule has 5 heteroatoms. The number of carbonyl (C=O) groups is 1. The average molecular weight is 392 g/mol. The first-order valence-corrected chi connectivity index (χ1v) is 9.92. The van der Waals surface area contributed by atoms with Gasteiger partial charge in [0.05, 0.1) is 6.54 Å². The summed E-state index contributed by atoms with van der Waals surface area (Å²) in [6, 6.07) is 15.7. The van der Waals surface area contributed by atoms with Crippen LogP contribution >= 0.6 is 0 Å². The Hall–Kier alpha value is -3.08. The van der Waals surface area contributed by atoms with E-state index in [2.05, 4.69) is 41.7 Å². The molecule has 0 aliphatic rings. The molecule has 0 saturated carbocycles. The van der Waals surface area contributed by atoms with E-state index in [4.69, 9.17) is 4.74 Å². The number of benzene rings is 2. The van der Waals surface area contributed by atoms with Crippen molar-refractivity contribution in [2.45, 2.75) is 39.7 Å². The first-order valence-electron chi connectivity index (χ1n) is 9.92. The van der Waals surface area contributed by atoms with Crippen molar-refractivity contribution in [3.8, 4) is 5.75 Å². The molecule has 0 spiro atoms. The monoisotopic (exact) mass is 391 g/mol. The third-order valence-electron chi connectivity index (χ3n) is 4.83. The summed E-state index contributed by atoms with van der Waals surface area (Å²) in [5, 5.41) is 2.92. The number of para-hydroxylation sites is 1. The van der Waals surface area contributed by atoms with E-state index < -0.39 is 0 Å². The Balaban J connectivity index is 1.50. The van der Waals surface area contributed by atoms with Crippen LogP contribution in [0.1, 0.15) is 48.1 Å². The Morgan fingerprint density at radius 1 is 1.10 bits per heavy atom. The summed E-state index contributed by atoms with van der Waals surface area (Å²) in [6.45, 7) is 10.1. The SMILES string of the molecule is Cc1nccn1Cc1ccc(C(=O)NCCOc2ccccc2C(C)(C)C)cc1. The van der Waals surface area contributed by atoms with Gasteiger partial charge in [0.15, 0.2) is 0 Å². The fraction of sp³-hybridized carbons (Fsp3) is 0.333. The number of nitrogens with one attached hydrogen (secondary N) is 1. The topological polar surface area (TPSA) is 56.2 Å². The smallest absolute Gasteiger partial charge is 0.251 e. The standard InChI is InChI=1S/C24H29N3O2/c1-18-25-13-15-27(18)17-19-9-11-20(12-10-19)23(28)26-14-16-29-22-8-6-5-7-21(22)24(2,3)4/h5-13,15H,14,16-17H2,1-4H3,(H,26,28). The minimum Gasteiger partial charge on any atom is -0.491 e. The summed E-state index contributed by atoms with van der Waals surface area (Å²) in [4.78, 5) is 16.6. The van der Waals surface area contributed by atoms with Crippen LogP contribution in [0.25, 0.3) is 0 Å². The van der Waals surface area contributed by atoms with E-state index in [9.17, 15) is 4.79 Å². The zero-order valence-electron chi connectivity index (χ0n) is 17.6. The molecule has 0 saturated heterocycles. The highest BCUT2D eigenvalue weighted by Crippen LogP contribution is 2.30. The van der Waals surface area contributed by atoms with E-state index >= 15 is 0 Å². The van der Waals surface area contributed by atoms with Crippen LogP contribution in [0.4, 0.5) is 0 Å². The quantitative estimate of drug-likeness (QED) is 0.609. The Labute approximate surface area is 172 Å². The van der Waals surface area contributed by atoms with E-state index in [1.165, 1.54) is 0 Å². The molecule has 3 rings (SSSR count). The van der Waals surface area contributed by atoms with Crippen molar-refractivity contribution in [3.63, 3.8) is 0 Å². The first-order chi connectivity index (χ1) is 13.8. The lowest BCUT2D eigenvalue weighted by Gasteiger charge is -2.22. The second-order valence-corrected chi connectivity index (χ2v) is 8.15. The minimum atomic E-state index is -0.0944. The van der Waals surface area contributed by atoms with Gasteiger partial charge in [-0.25, -0.2) is 4.98 Å². The second-order valence-electron chi connectivity index (χ2n) is 8.15. The zero-order valence-corrected chi connectivity index (χ0v) is 17.6. The van der Waals surface area contributed by atoms with Crippen molar-refractivity contribution in [2.75, 3.05) is 13.2 Å². The van der Waals surface area contributed by atoms with E-state index in [0.29, 0.717) is 18.7 Å². The Bertz CT molecular complexity index is 953. The molecule has 3 aromatic rings. The van der Waals surface area contributed by atoms with E-state index in [1.54, 1.807) is 6.20 Å². The van der Waals surface area contributed by atoms with Gasteiger partial charge in [0.1, 0.15) is 18.2 Å². The number of aromatic nitrogens is 2. The summed E-state index contributed by atoms with van der Waals surface area (Å²) in [5.41, 5.74) is 2.95. The van der Waals surface area contributed by atoms with Gasteiger partial charge < -0.3 is 14.6 Å². The molecular formula is C24H29N3O2. The van der Waals surface area contributed by atoms with Gasteiger partial charge in [-0.15, -0.1) is 0 Å². The van der Waals surface area contributed by atoms with Gasteiger partial charge >= 0.3 is 0 Å². The Morgan fingerprint density at radius 2 is 1.83 bits per heavy atom. The maximum Gasteiger partial charge on any atom is 0.251 e. The van der Waals surface area contributed by atoms with Crippen molar-refractivity contribution in [1.29, 1.82) is 0 Å². The summed E-state index contributed by atoms with van der Waals surface area (Å²) in [7, 11) is 0. The molecule has 1 aromatic heterocycles. The number of rotatable bonds is 7. The summed E-state index contributed by atoms with van der Waals surface area (Å²) >= 11 is 0. The summed E-state index contributed by atoms with van der Waals surface area (Å²) < 4.78 is 7.99. The maximum absolute atomic E-state index is 12.4. The molecule has 0 atom stereocenters. The average Bonchev–Trinajstić information content (AvgIpc) is 3.10. The van der Waals surface area contributed by atoms with Gasteiger partial charge in [-0.2, -0.15) is 0 Å². The normalized spacial score (nSPS) is 11.3. The fourth-order valence-electron chi connectivity index (χ4n) is 3.17. The highest BCUT2D eigenvalue weighted by Gasteiger charge is 2.18. The minimum absolute atomic E-state index is 0.0108. The molecule has 29 heavy (non-hydrogen) atoms. The van der Waals surface area contributed by atoms with E-state index in [-0.39, 0.29) is 11.3 Å². The fourth-order valence-corrected chi connectivity index (χ4v) is 3.17. The van der Waals surface area contributed by atoms with Crippen LogP contribution in [-0.4, -0.2) is 28.6 Å². The highest BCUT2D eigenvalue weighted by molar-refractivity contribution is 5.94. The largest absolute Gasteiger partial charge is 0.491 e. The molecule has 0 aliphatic carbocycles. The number of imidazole rings is 1. The van der Waals surface area contributed by atoms with Gasteiger partial charge in [0.2, 0.25) is 0 Å². The lowest BCUT2D eigenvalue weighted by molar-refractivity contribution is 0.0947. The van der Waals surface area contributed by atoms with Crippen LogP contribution in [0.2, 0.25) is 0 Å². The number of ether oxygens (including phenoxy) is 1. The number of amides is 1. The summed E-state index contributed by atoms with van der Waals surface area (Å²) in [6.07, 6.45) is 3.74. The zero-order chi connectivity index (χ0) is 20.9. The molecule has 1 heterocycles. The Kier molecular flexibility index (Phi) is 6.37. The highest BCUT2D eigenvalue weighted by atomic mass is 16.5. The lowest BCUT2D eigenvalue weighted by atomic mass is 9.86. The molecule has 2 aromatic carbocycles. The van der Waals surface area contributed by atoms with Gasteiger partial charge in [0, 0.05) is 24.5 Å². The van der Waals surface area contributed by atoms with Gasteiger partial charge in [-0.05, 0) is 41.7 Å². The number of hydrogen-bond acceptors (Lipinski definition) is 3.